The minimum Gasteiger partial charge on any atom is -0.388 e. The van der Waals surface area contributed by atoms with Crippen LogP contribution in [0.15, 0.2) is 53.7 Å². The van der Waals surface area contributed by atoms with Crippen LogP contribution in [0.25, 0.3) is 0 Å². The van der Waals surface area contributed by atoms with Crippen molar-refractivity contribution in [2.24, 2.45) is 0 Å². The number of aliphatic hydroxyl groups is 1. The van der Waals surface area contributed by atoms with Gasteiger partial charge in [0.1, 0.15) is 6.20 Å². The monoisotopic (exact) mass is 276 g/mol. The van der Waals surface area contributed by atoms with Crippen LogP contribution in [-0.4, -0.2) is 20.8 Å². The number of thioether (sulfide) groups is 1. The molecule has 0 radical (unpaired) electrons. The van der Waals surface area contributed by atoms with E-state index in [4.69, 9.17) is 0 Å². The summed E-state index contributed by atoms with van der Waals surface area (Å²) >= 11 is 1.36. The molecule has 1 aromatic heterocycles. The molecule has 0 fully saturated rings. The molecule has 0 saturated heterocycles. The summed E-state index contributed by atoms with van der Waals surface area (Å²) in [5.41, 5.74) is 0.810. The standard InChI is InChI=1S/C13H12N2O3S/c16-12(10-4-2-1-3-5-10)9-19-13-7-6-11(8-14-13)15(17)18/h1-8,12,16H,9H2/t12-/m1/s1. The number of pyridine rings is 1. The SMILES string of the molecule is O=[N+]([O-])c1ccc(SC[C@@H](O)c2ccccc2)nc1. The number of hydrogen-bond donors (Lipinski definition) is 1. The van der Waals surface area contributed by atoms with Crippen LogP contribution in [0.5, 0.6) is 0 Å². The Morgan fingerprint density at radius 1 is 1.26 bits per heavy atom. The summed E-state index contributed by atoms with van der Waals surface area (Å²) in [6.07, 6.45) is 0.639. The zero-order valence-electron chi connectivity index (χ0n) is 9.97. The Balaban J connectivity index is 1.93. The minimum atomic E-state index is -0.580. The first-order valence-corrected chi connectivity index (χ1v) is 6.61. The van der Waals surface area contributed by atoms with Crippen LogP contribution in [0.1, 0.15) is 11.7 Å². The molecule has 0 aliphatic carbocycles. The minimum absolute atomic E-state index is 0.0343. The third kappa shape index (κ3) is 3.77. The summed E-state index contributed by atoms with van der Waals surface area (Å²) in [6, 6.07) is 12.3. The first-order chi connectivity index (χ1) is 9.16. The molecule has 1 aromatic carbocycles. The molecule has 1 N–H and O–H groups in total. The van der Waals surface area contributed by atoms with Gasteiger partial charge in [-0.25, -0.2) is 4.98 Å². The lowest BCUT2D eigenvalue weighted by Crippen LogP contribution is -2.00. The highest BCUT2D eigenvalue weighted by Crippen LogP contribution is 2.24. The van der Waals surface area contributed by atoms with Gasteiger partial charge in [-0.2, -0.15) is 0 Å². The Bertz CT molecular complexity index is 546. The molecule has 2 rings (SSSR count). The molecule has 6 heteroatoms. The Morgan fingerprint density at radius 2 is 2.00 bits per heavy atom. The molecule has 0 aliphatic rings. The maximum Gasteiger partial charge on any atom is 0.287 e. The second kappa shape index (κ2) is 6.31. The quantitative estimate of drug-likeness (QED) is 0.516. The first-order valence-electron chi connectivity index (χ1n) is 5.63. The van der Waals surface area contributed by atoms with Crippen LogP contribution in [0.4, 0.5) is 5.69 Å². The van der Waals surface area contributed by atoms with Crippen LogP contribution in [0, 0.1) is 10.1 Å². The Kier molecular flexibility index (Phi) is 4.48. The lowest BCUT2D eigenvalue weighted by atomic mass is 10.1. The fraction of sp³-hybridized carbons (Fsp3) is 0.154. The maximum absolute atomic E-state index is 10.5. The van der Waals surface area contributed by atoms with E-state index in [1.165, 1.54) is 24.0 Å². The molecule has 5 nitrogen and oxygen atoms in total. The van der Waals surface area contributed by atoms with Gasteiger partial charge >= 0.3 is 0 Å². The summed E-state index contributed by atoms with van der Waals surface area (Å²) in [5, 5.41) is 21.1. The molecule has 1 heterocycles. The normalized spacial score (nSPS) is 12.1. The van der Waals surface area contributed by atoms with Gasteiger partial charge in [-0.05, 0) is 11.6 Å². The van der Waals surface area contributed by atoms with Crippen LogP contribution >= 0.6 is 11.8 Å². The molecule has 2 aromatic rings. The van der Waals surface area contributed by atoms with Gasteiger partial charge in [0.05, 0.1) is 16.1 Å². The average Bonchev–Trinajstić information content (AvgIpc) is 2.46. The molecule has 0 saturated carbocycles. The third-order valence-electron chi connectivity index (χ3n) is 2.50. The molecule has 0 amide bonds. The topological polar surface area (TPSA) is 76.3 Å². The van der Waals surface area contributed by atoms with Crippen molar-refractivity contribution in [3.05, 3.63) is 64.3 Å². The molecule has 0 aliphatic heterocycles. The van der Waals surface area contributed by atoms with Crippen molar-refractivity contribution in [1.29, 1.82) is 0 Å². The van der Waals surface area contributed by atoms with Crippen molar-refractivity contribution in [2.75, 3.05) is 5.75 Å². The average molecular weight is 276 g/mol. The second-order valence-corrected chi connectivity index (χ2v) is 4.89. The summed E-state index contributed by atoms with van der Waals surface area (Å²) in [5.74, 6) is 0.453. The van der Waals surface area contributed by atoms with E-state index in [0.29, 0.717) is 10.8 Å². The highest BCUT2D eigenvalue weighted by molar-refractivity contribution is 7.99. The Morgan fingerprint density at radius 3 is 2.58 bits per heavy atom. The number of nitrogens with zero attached hydrogens (tertiary/aromatic N) is 2. The number of rotatable bonds is 5. The van der Waals surface area contributed by atoms with Gasteiger partial charge in [-0.1, -0.05) is 30.3 Å². The van der Waals surface area contributed by atoms with E-state index in [1.54, 1.807) is 6.07 Å². The van der Waals surface area contributed by atoms with E-state index in [2.05, 4.69) is 4.98 Å². The fourth-order valence-corrected chi connectivity index (χ4v) is 2.31. The van der Waals surface area contributed by atoms with Gasteiger partial charge in [0, 0.05) is 11.8 Å². The van der Waals surface area contributed by atoms with E-state index in [9.17, 15) is 15.2 Å². The Hall–Kier alpha value is -1.92. The molecular formula is C13H12N2O3S. The van der Waals surface area contributed by atoms with E-state index in [-0.39, 0.29) is 5.69 Å². The fourth-order valence-electron chi connectivity index (χ4n) is 1.50. The number of aliphatic hydroxyl groups excluding tert-OH is 1. The first kappa shape index (κ1) is 13.5. The molecule has 0 spiro atoms. The van der Waals surface area contributed by atoms with Crippen molar-refractivity contribution in [3.8, 4) is 0 Å². The van der Waals surface area contributed by atoms with Crippen molar-refractivity contribution < 1.29 is 10.0 Å². The summed E-state index contributed by atoms with van der Waals surface area (Å²) in [4.78, 5) is 14.0. The number of nitro groups is 1. The lowest BCUT2D eigenvalue weighted by molar-refractivity contribution is -0.385. The molecule has 0 unspecified atom stereocenters. The summed E-state index contributed by atoms with van der Waals surface area (Å²) in [6.45, 7) is 0. The van der Waals surface area contributed by atoms with Gasteiger partial charge < -0.3 is 5.11 Å². The van der Waals surface area contributed by atoms with Crippen LogP contribution in [0.2, 0.25) is 0 Å². The van der Waals surface area contributed by atoms with E-state index >= 15 is 0 Å². The predicted octanol–water partition coefficient (Wildman–Crippen LogP) is 2.82. The Labute approximate surface area is 114 Å². The zero-order valence-corrected chi connectivity index (χ0v) is 10.8. The van der Waals surface area contributed by atoms with Gasteiger partial charge in [-0.15, -0.1) is 11.8 Å². The van der Waals surface area contributed by atoms with Crippen LogP contribution < -0.4 is 0 Å². The predicted molar refractivity (Wildman–Crippen MR) is 73.0 cm³/mol. The van der Waals surface area contributed by atoms with Crippen molar-refractivity contribution >= 4 is 17.4 Å². The number of benzene rings is 1. The van der Waals surface area contributed by atoms with E-state index in [0.717, 1.165) is 5.56 Å². The molecule has 98 valence electrons. The van der Waals surface area contributed by atoms with Crippen LogP contribution in [0.3, 0.4) is 0 Å². The van der Waals surface area contributed by atoms with Crippen LogP contribution in [-0.2, 0) is 0 Å². The maximum atomic E-state index is 10.5. The van der Waals surface area contributed by atoms with E-state index in [1.807, 2.05) is 30.3 Å². The van der Waals surface area contributed by atoms with E-state index < -0.39 is 11.0 Å². The highest BCUT2D eigenvalue weighted by Gasteiger charge is 2.09. The van der Waals surface area contributed by atoms with Gasteiger partial charge in [0.2, 0.25) is 0 Å². The smallest absolute Gasteiger partial charge is 0.287 e. The number of hydrogen-bond acceptors (Lipinski definition) is 5. The van der Waals surface area contributed by atoms with Crippen molar-refractivity contribution in [1.82, 2.24) is 4.98 Å². The van der Waals surface area contributed by atoms with Crippen molar-refractivity contribution in [2.45, 2.75) is 11.1 Å². The van der Waals surface area contributed by atoms with Gasteiger partial charge in [-0.3, -0.25) is 10.1 Å². The summed E-state index contributed by atoms with van der Waals surface area (Å²) in [7, 11) is 0. The second-order valence-electron chi connectivity index (χ2n) is 3.85. The lowest BCUT2D eigenvalue weighted by Gasteiger charge is -2.09. The molecule has 1 atom stereocenters. The highest BCUT2D eigenvalue weighted by atomic mass is 32.2. The zero-order chi connectivity index (χ0) is 13.7. The van der Waals surface area contributed by atoms with Gasteiger partial charge in [0.25, 0.3) is 5.69 Å². The molecular weight excluding hydrogens is 264 g/mol. The molecule has 0 bridgehead atoms. The molecule has 19 heavy (non-hydrogen) atoms. The third-order valence-corrected chi connectivity index (χ3v) is 3.52. The van der Waals surface area contributed by atoms with Crippen molar-refractivity contribution in [3.63, 3.8) is 0 Å². The number of aromatic nitrogens is 1. The summed E-state index contributed by atoms with van der Waals surface area (Å²) < 4.78 is 0. The largest absolute Gasteiger partial charge is 0.388 e. The van der Waals surface area contributed by atoms with Gasteiger partial charge in [0.15, 0.2) is 0 Å².